The molecule has 0 radical (unpaired) electrons. The molecule has 0 fully saturated rings. The van der Waals surface area contributed by atoms with Gasteiger partial charge in [0.1, 0.15) is 12.3 Å². The van der Waals surface area contributed by atoms with Crippen molar-refractivity contribution < 1.29 is 4.84 Å². The molecule has 3 nitrogen and oxygen atoms in total. The molecule has 1 heterocycles. The predicted molar refractivity (Wildman–Crippen MR) is 107 cm³/mol. The average molecular weight is 416 g/mol. The Balaban J connectivity index is 2.12. The first-order valence-corrected chi connectivity index (χ1v) is 8.87. The van der Waals surface area contributed by atoms with E-state index < -0.39 is 0 Å². The lowest BCUT2D eigenvalue weighted by Crippen LogP contribution is -2.07. The Bertz CT molecular complexity index is 969. The fraction of sp³-hybridized carbons (Fsp3) is 0.100. The van der Waals surface area contributed by atoms with E-state index in [2.05, 4.69) is 32.6 Å². The fourth-order valence-electron chi connectivity index (χ4n) is 2.35. The molecule has 0 saturated carbocycles. The molecule has 25 heavy (non-hydrogen) atoms. The van der Waals surface area contributed by atoms with Gasteiger partial charge in [0, 0.05) is 27.2 Å². The van der Waals surface area contributed by atoms with Crippen LogP contribution in [0.1, 0.15) is 18.1 Å². The van der Waals surface area contributed by atoms with E-state index in [0.29, 0.717) is 17.3 Å². The second-order valence-corrected chi connectivity index (χ2v) is 6.89. The van der Waals surface area contributed by atoms with E-state index in [9.17, 15) is 0 Å². The second kappa shape index (κ2) is 7.81. The number of halogens is 2. The van der Waals surface area contributed by atoms with Gasteiger partial charge >= 0.3 is 0 Å². The van der Waals surface area contributed by atoms with E-state index in [4.69, 9.17) is 16.4 Å². The highest BCUT2D eigenvalue weighted by molar-refractivity contribution is 9.10. The van der Waals surface area contributed by atoms with Gasteiger partial charge in [-0.25, -0.2) is 0 Å². The summed E-state index contributed by atoms with van der Waals surface area (Å²) in [7, 11) is 0. The number of oxime groups is 1. The molecule has 0 aliphatic heterocycles. The summed E-state index contributed by atoms with van der Waals surface area (Å²) in [4.78, 5) is 9.99. The molecule has 0 bridgehead atoms. The van der Waals surface area contributed by atoms with Crippen LogP contribution in [0.15, 0.2) is 76.5 Å². The normalized spacial score (nSPS) is 11.6. The Morgan fingerprint density at radius 1 is 1.24 bits per heavy atom. The van der Waals surface area contributed by atoms with E-state index in [1.54, 1.807) is 6.20 Å². The number of para-hydroxylation sites is 1. The minimum Gasteiger partial charge on any atom is -0.391 e. The van der Waals surface area contributed by atoms with Crippen molar-refractivity contribution in [3.8, 4) is 0 Å². The third-order valence-electron chi connectivity index (χ3n) is 3.54. The smallest absolute Gasteiger partial charge is 0.137 e. The van der Waals surface area contributed by atoms with Gasteiger partial charge in [-0.3, -0.25) is 4.98 Å². The van der Waals surface area contributed by atoms with Crippen LogP contribution in [0.3, 0.4) is 0 Å². The van der Waals surface area contributed by atoms with Gasteiger partial charge in [-0.2, -0.15) is 0 Å². The van der Waals surface area contributed by atoms with Crippen LogP contribution in [0.25, 0.3) is 10.9 Å². The van der Waals surface area contributed by atoms with Gasteiger partial charge in [-0.05, 0) is 46.6 Å². The molecule has 3 rings (SSSR count). The van der Waals surface area contributed by atoms with Gasteiger partial charge in [0.05, 0.1) is 10.5 Å². The van der Waals surface area contributed by atoms with Crippen LogP contribution in [0.5, 0.6) is 0 Å². The largest absolute Gasteiger partial charge is 0.391 e. The molecule has 0 atom stereocenters. The second-order valence-electron chi connectivity index (χ2n) is 5.69. The summed E-state index contributed by atoms with van der Waals surface area (Å²) >= 11 is 9.79. The summed E-state index contributed by atoms with van der Waals surface area (Å²) in [5.41, 5.74) is 4.17. The van der Waals surface area contributed by atoms with Crippen LogP contribution in [-0.4, -0.2) is 17.3 Å². The lowest BCUT2D eigenvalue weighted by atomic mass is 10.0. The topological polar surface area (TPSA) is 34.5 Å². The monoisotopic (exact) mass is 414 g/mol. The standard InChI is InChI=1S/C20H16BrClN2O/c1-13(2)12-25-24-20(16-7-5-8-17(22)19(16)21)15-10-14-6-3-4-9-18(14)23-11-15/h3-11H,1,12H2,2H3. The minimum absolute atomic E-state index is 0.350. The number of aromatic nitrogens is 1. The van der Waals surface area contributed by atoms with Crippen LogP contribution in [-0.2, 0) is 4.84 Å². The Labute approximate surface area is 160 Å². The molecule has 126 valence electrons. The van der Waals surface area contributed by atoms with Crippen molar-refractivity contribution >= 4 is 44.1 Å². The maximum atomic E-state index is 6.25. The van der Waals surface area contributed by atoms with Gasteiger partial charge in [0.2, 0.25) is 0 Å². The molecular weight excluding hydrogens is 400 g/mol. The van der Waals surface area contributed by atoms with Crippen molar-refractivity contribution in [2.75, 3.05) is 6.61 Å². The van der Waals surface area contributed by atoms with E-state index >= 15 is 0 Å². The first-order chi connectivity index (χ1) is 12.1. The maximum absolute atomic E-state index is 6.25. The van der Waals surface area contributed by atoms with Crippen LogP contribution in [0.4, 0.5) is 0 Å². The van der Waals surface area contributed by atoms with E-state index in [-0.39, 0.29) is 0 Å². The highest BCUT2D eigenvalue weighted by Gasteiger charge is 2.15. The quantitative estimate of drug-likeness (QED) is 0.291. The first-order valence-electron chi connectivity index (χ1n) is 7.70. The summed E-state index contributed by atoms with van der Waals surface area (Å²) in [6.45, 7) is 6.07. The van der Waals surface area contributed by atoms with Crippen molar-refractivity contribution in [1.82, 2.24) is 4.98 Å². The molecule has 0 aliphatic rings. The van der Waals surface area contributed by atoms with Gasteiger partial charge in [-0.1, -0.05) is 53.7 Å². The SMILES string of the molecule is C=C(C)CON=C(c1cnc2ccccc2c1)c1cccc(Cl)c1Br. The zero-order chi connectivity index (χ0) is 17.8. The summed E-state index contributed by atoms with van der Waals surface area (Å²) in [5, 5.41) is 5.98. The molecular formula is C20H16BrClN2O. The summed E-state index contributed by atoms with van der Waals surface area (Å²) in [6.07, 6.45) is 1.79. The van der Waals surface area contributed by atoms with Crippen molar-refractivity contribution in [2.45, 2.75) is 6.92 Å². The van der Waals surface area contributed by atoms with Gasteiger partial charge in [0.25, 0.3) is 0 Å². The highest BCUT2D eigenvalue weighted by atomic mass is 79.9. The zero-order valence-electron chi connectivity index (χ0n) is 13.7. The van der Waals surface area contributed by atoms with E-state index in [1.807, 2.05) is 55.5 Å². The number of pyridine rings is 1. The third-order valence-corrected chi connectivity index (χ3v) is 4.94. The van der Waals surface area contributed by atoms with Crippen molar-refractivity contribution in [1.29, 1.82) is 0 Å². The number of rotatable bonds is 5. The Kier molecular flexibility index (Phi) is 5.51. The molecule has 0 spiro atoms. The molecule has 0 aliphatic carbocycles. The van der Waals surface area contributed by atoms with E-state index in [0.717, 1.165) is 32.1 Å². The van der Waals surface area contributed by atoms with Crippen molar-refractivity contribution in [2.24, 2.45) is 5.16 Å². The predicted octanol–water partition coefficient (Wildman–Crippen LogP) is 6.00. The summed E-state index contributed by atoms with van der Waals surface area (Å²) < 4.78 is 0.766. The zero-order valence-corrected chi connectivity index (χ0v) is 16.0. The van der Waals surface area contributed by atoms with Crippen LogP contribution >= 0.6 is 27.5 Å². The fourth-order valence-corrected chi connectivity index (χ4v) is 2.98. The van der Waals surface area contributed by atoms with E-state index in [1.165, 1.54) is 0 Å². The molecule has 1 aromatic heterocycles. The number of hydrogen-bond acceptors (Lipinski definition) is 3. The van der Waals surface area contributed by atoms with Crippen LogP contribution < -0.4 is 0 Å². The molecule has 0 unspecified atom stereocenters. The lowest BCUT2D eigenvalue weighted by Gasteiger charge is -2.11. The van der Waals surface area contributed by atoms with Crippen LogP contribution in [0.2, 0.25) is 5.02 Å². The molecule has 0 saturated heterocycles. The average Bonchev–Trinajstić information content (AvgIpc) is 2.61. The minimum atomic E-state index is 0.350. The molecule has 2 aromatic carbocycles. The number of benzene rings is 2. The number of hydrogen-bond donors (Lipinski definition) is 0. The molecule has 0 amide bonds. The molecule has 5 heteroatoms. The van der Waals surface area contributed by atoms with Crippen molar-refractivity contribution in [3.05, 3.63) is 87.5 Å². The number of nitrogens with zero attached hydrogens (tertiary/aromatic N) is 2. The third kappa shape index (κ3) is 4.09. The molecule has 3 aromatic rings. The van der Waals surface area contributed by atoms with Gasteiger partial charge in [-0.15, -0.1) is 0 Å². The van der Waals surface area contributed by atoms with Crippen molar-refractivity contribution in [3.63, 3.8) is 0 Å². The Hall–Kier alpha value is -2.17. The van der Waals surface area contributed by atoms with Gasteiger partial charge < -0.3 is 4.84 Å². The highest BCUT2D eigenvalue weighted by Crippen LogP contribution is 2.29. The summed E-state index contributed by atoms with van der Waals surface area (Å²) in [5.74, 6) is 0. The number of fused-ring (bicyclic) bond motifs is 1. The first kappa shape index (κ1) is 17.6. The lowest BCUT2D eigenvalue weighted by molar-refractivity contribution is 0.168. The maximum Gasteiger partial charge on any atom is 0.137 e. The van der Waals surface area contributed by atoms with Crippen LogP contribution in [0, 0.1) is 0 Å². The summed E-state index contributed by atoms with van der Waals surface area (Å²) in [6, 6.07) is 15.6. The molecule has 0 N–H and O–H groups in total. The van der Waals surface area contributed by atoms with Gasteiger partial charge in [0.15, 0.2) is 0 Å². The Morgan fingerprint density at radius 2 is 2.04 bits per heavy atom. The Morgan fingerprint density at radius 3 is 2.84 bits per heavy atom.